The molecule has 0 unspecified atom stereocenters. The first-order valence-electron chi connectivity index (χ1n) is 10.5. The first-order valence-corrected chi connectivity index (χ1v) is 10.5. The van der Waals surface area contributed by atoms with Crippen LogP contribution in [0.15, 0.2) is 0 Å². The Morgan fingerprint density at radius 2 is 1.26 bits per heavy atom. The van der Waals surface area contributed by atoms with Crippen LogP contribution in [0, 0.1) is 0 Å². The highest BCUT2D eigenvalue weighted by molar-refractivity contribution is 5.73. The molecule has 0 bridgehead atoms. The minimum Gasteiger partial charge on any atom is -0.479 e. The molecular formula is C20H38O7. The summed E-state index contributed by atoms with van der Waals surface area (Å²) in [5.74, 6) is -1.40. The van der Waals surface area contributed by atoms with Gasteiger partial charge >= 0.3 is 5.97 Å². The second kappa shape index (κ2) is 14.3. The summed E-state index contributed by atoms with van der Waals surface area (Å²) in [7, 11) is 0. The van der Waals surface area contributed by atoms with Crippen molar-refractivity contribution in [3.05, 3.63) is 0 Å². The van der Waals surface area contributed by atoms with E-state index >= 15 is 0 Å². The van der Waals surface area contributed by atoms with Crippen LogP contribution < -0.4 is 0 Å². The number of aliphatic hydroxyl groups excluding tert-OH is 3. The van der Waals surface area contributed by atoms with Crippen molar-refractivity contribution in [3.8, 4) is 0 Å². The van der Waals surface area contributed by atoms with E-state index < -0.39 is 36.7 Å². The average molecular weight is 391 g/mol. The highest BCUT2D eigenvalue weighted by Crippen LogP contribution is 2.22. The molecule has 7 nitrogen and oxygen atoms in total. The second-order valence-electron chi connectivity index (χ2n) is 7.49. The van der Waals surface area contributed by atoms with Crippen LogP contribution in [-0.4, -0.2) is 63.7 Å². The largest absolute Gasteiger partial charge is 0.479 e. The molecule has 0 radical (unpaired) electrons. The zero-order valence-electron chi connectivity index (χ0n) is 16.6. The minimum atomic E-state index is -1.68. The summed E-state index contributed by atoms with van der Waals surface area (Å²) in [5.41, 5.74) is 0. The highest BCUT2D eigenvalue weighted by Gasteiger charge is 2.47. The van der Waals surface area contributed by atoms with E-state index in [1.165, 1.54) is 57.8 Å². The van der Waals surface area contributed by atoms with E-state index in [1.807, 2.05) is 0 Å². The first-order chi connectivity index (χ1) is 13.0. The summed E-state index contributed by atoms with van der Waals surface area (Å²) >= 11 is 0. The van der Waals surface area contributed by atoms with E-state index in [2.05, 4.69) is 6.92 Å². The lowest BCUT2D eigenvalue weighted by atomic mass is 9.99. The lowest BCUT2D eigenvalue weighted by molar-refractivity contribution is -0.294. The number of hydrogen-bond donors (Lipinski definition) is 4. The van der Waals surface area contributed by atoms with Gasteiger partial charge in [-0.2, -0.15) is 0 Å². The lowest BCUT2D eigenvalue weighted by Gasteiger charge is -2.38. The Hall–Kier alpha value is -0.730. The maximum atomic E-state index is 11.0. The number of aliphatic hydroxyl groups is 3. The Morgan fingerprint density at radius 1 is 0.778 bits per heavy atom. The van der Waals surface area contributed by atoms with Gasteiger partial charge in [-0.3, -0.25) is 0 Å². The summed E-state index contributed by atoms with van der Waals surface area (Å²) < 4.78 is 10.4. The third-order valence-electron chi connectivity index (χ3n) is 5.09. The van der Waals surface area contributed by atoms with Gasteiger partial charge in [0.1, 0.15) is 18.3 Å². The molecule has 1 saturated heterocycles. The molecule has 0 aliphatic carbocycles. The van der Waals surface area contributed by atoms with Gasteiger partial charge in [-0.05, 0) is 6.42 Å². The quantitative estimate of drug-likeness (QED) is 0.318. The smallest absolute Gasteiger partial charge is 0.335 e. The molecule has 4 N–H and O–H groups in total. The molecule has 1 heterocycles. The molecule has 0 aromatic heterocycles. The Labute approximate surface area is 162 Å². The van der Waals surface area contributed by atoms with Gasteiger partial charge in [-0.1, -0.05) is 77.6 Å². The molecule has 1 aliphatic rings. The van der Waals surface area contributed by atoms with E-state index in [-0.39, 0.29) is 0 Å². The number of carboxylic acid groups (broad SMARTS) is 1. The minimum absolute atomic E-state index is 0.314. The van der Waals surface area contributed by atoms with Crippen molar-refractivity contribution < 1.29 is 34.7 Å². The third kappa shape index (κ3) is 9.34. The van der Waals surface area contributed by atoms with Crippen LogP contribution in [0.4, 0.5) is 0 Å². The second-order valence-corrected chi connectivity index (χ2v) is 7.49. The zero-order chi connectivity index (χ0) is 20.1. The van der Waals surface area contributed by atoms with Gasteiger partial charge in [0.15, 0.2) is 12.4 Å². The van der Waals surface area contributed by atoms with Crippen molar-refractivity contribution in [1.82, 2.24) is 0 Å². The van der Waals surface area contributed by atoms with Crippen LogP contribution in [0.3, 0.4) is 0 Å². The van der Waals surface area contributed by atoms with E-state index in [0.29, 0.717) is 6.61 Å². The van der Waals surface area contributed by atoms with Gasteiger partial charge in [0.25, 0.3) is 0 Å². The van der Waals surface area contributed by atoms with E-state index in [0.717, 1.165) is 19.3 Å². The number of unbranched alkanes of at least 4 members (excludes halogenated alkanes) is 11. The van der Waals surface area contributed by atoms with Gasteiger partial charge in [-0.25, -0.2) is 4.79 Å². The van der Waals surface area contributed by atoms with Gasteiger partial charge in [0.05, 0.1) is 0 Å². The molecule has 0 amide bonds. The van der Waals surface area contributed by atoms with Crippen LogP contribution in [0.5, 0.6) is 0 Å². The first kappa shape index (κ1) is 24.3. The van der Waals surface area contributed by atoms with Crippen molar-refractivity contribution in [2.24, 2.45) is 0 Å². The third-order valence-corrected chi connectivity index (χ3v) is 5.09. The molecule has 1 aliphatic heterocycles. The Balaban J connectivity index is 2.02. The van der Waals surface area contributed by atoms with Crippen molar-refractivity contribution in [2.45, 2.75) is 115 Å². The zero-order valence-corrected chi connectivity index (χ0v) is 16.6. The van der Waals surface area contributed by atoms with Crippen molar-refractivity contribution in [1.29, 1.82) is 0 Å². The predicted octanol–water partition coefficient (Wildman–Crippen LogP) is 2.60. The van der Waals surface area contributed by atoms with Gasteiger partial charge < -0.3 is 29.9 Å². The number of rotatable bonds is 15. The van der Waals surface area contributed by atoms with E-state index in [9.17, 15) is 20.1 Å². The molecule has 0 aromatic rings. The molecule has 1 rings (SSSR count). The molecule has 1 fully saturated rings. The standard InChI is InChI=1S/C20H38O7/c1-2-3-4-5-6-7-8-9-10-11-12-13-14-26-20-17(23)15(21)16(22)18(27-20)19(24)25/h15-18,20-23H,2-14H2,1H3,(H,24,25)/t15-,16-,17+,18-,20+/m0/s1. The van der Waals surface area contributed by atoms with Crippen LogP contribution in [-0.2, 0) is 14.3 Å². The Kier molecular flexibility index (Phi) is 12.9. The van der Waals surface area contributed by atoms with Crippen LogP contribution in [0.1, 0.15) is 84.0 Å². The van der Waals surface area contributed by atoms with Gasteiger partial charge in [0.2, 0.25) is 0 Å². The van der Waals surface area contributed by atoms with Gasteiger partial charge in [0, 0.05) is 6.61 Å². The van der Waals surface area contributed by atoms with Crippen molar-refractivity contribution in [2.75, 3.05) is 6.61 Å². The van der Waals surface area contributed by atoms with Crippen LogP contribution in [0.25, 0.3) is 0 Å². The molecule has 0 aromatic carbocycles. The Morgan fingerprint density at radius 3 is 1.74 bits per heavy atom. The maximum absolute atomic E-state index is 11.0. The Bertz CT molecular complexity index is 391. The summed E-state index contributed by atoms with van der Waals surface area (Å²) in [6.07, 6.45) is 7.07. The number of aliphatic carboxylic acids is 1. The summed E-state index contributed by atoms with van der Waals surface area (Å²) in [4.78, 5) is 11.0. The molecule has 5 atom stereocenters. The summed E-state index contributed by atoms with van der Waals surface area (Å²) in [6, 6.07) is 0. The van der Waals surface area contributed by atoms with Crippen molar-refractivity contribution >= 4 is 5.97 Å². The fraction of sp³-hybridized carbons (Fsp3) is 0.950. The van der Waals surface area contributed by atoms with E-state index in [1.54, 1.807) is 0 Å². The number of carbonyl (C=O) groups is 1. The number of hydrogen-bond acceptors (Lipinski definition) is 6. The van der Waals surface area contributed by atoms with Crippen molar-refractivity contribution in [3.63, 3.8) is 0 Å². The highest BCUT2D eigenvalue weighted by atomic mass is 16.7. The summed E-state index contributed by atoms with van der Waals surface area (Å²) in [5, 5.41) is 38.2. The molecule has 0 spiro atoms. The topological polar surface area (TPSA) is 116 Å². The maximum Gasteiger partial charge on any atom is 0.335 e. The molecule has 27 heavy (non-hydrogen) atoms. The van der Waals surface area contributed by atoms with Gasteiger partial charge in [-0.15, -0.1) is 0 Å². The van der Waals surface area contributed by atoms with Crippen LogP contribution in [0.2, 0.25) is 0 Å². The predicted molar refractivity (Wildman–Crippen MR) is 101 cm³/mol. The molecule has 0 saturated carbocycles. The fourth-order valence-corrected chi connectivity index (χ4v) is 3.33. The molecular weight excluding hydrogens is 352 g/mol. The van der Waals surface area contributed by atoms with Crippen LogP contribution >= 0.6 is 0 Å². The molecule has 160 valence electrons. The fourth-order valence-electron chi connectivity index (χ4n) is 3.33. The normalized spacial score (nSPS) is 28.4. The monoisotopic (exact) mass is 390 g/mol. The van der Waals surface area contributed by atoms with E-state index in [4.69, 9.17) is 14.6 Å². The molecule has 7 heteroatoms. The summed E-state index contributed by atoms with van der Waals surface area (Å²) in [6.45, 7) is 2.55. The lowest BCUT2D eigenvalue weighted by Crippen LogP contribution is -2.60. The number of ether oxygens (including phenoxy) is 2. The number of carboxylic acids is 1. The average Bonchev–Trinajstić information content (AvgIpc) is 2.65. The SMILES string of the molecule is CCCCCCCCCCCCCCO[C@@H]1O[C@H](C(=O)O)[C@@H](O)[C@H](O)[C@H]1O.